The van der Waals surface area contributed by atoms with E-state index in [0.29, 0.717) is 70.8 Å². The van der Waals surface area contributed by atoms with Crippen LogP contribution in [0.15, 0.2) is 43.6 Å². The highest BCUT2D eigenvalue weighted by molar-refractivity contribution is 6.05. The molecule has 1 spiro atoms. The molecule has 1 saturated heterocycles. The maximum Gasteiger partial charge on any atom is 0.422 e. The van der Waals surface area contributed by atoms with E-state index in [-0.39, 0.29) is 22.9 Å². The first-order valence-corrected chi connectivity index (χ1v) is 18.9. The van der Waals surface area contributed by atoms with Gasteiger partial charge in [0.1, 0.15) is 11.3 Å². The Morgan fingerprint density at radius 3 is 2.38 bits per heavy atom. The zero-order valence-corrected chi connectivity index (χ0v) is 30.3. The largest absolute Gasteiger partial charge is 0.481 e. The minimum absolute atomic E-state index is 0.0134. The summed E-state index contributed by atoms with van der Waals surface area (Å²) in [7, 11) is 0. The van der Waals surface area contributed by atoms with Crippen molar-refractivity contribution in [3.05, 3.63) is 66.3 Å². The number of carbonyl (C=O) groups is 1. The Kier molecular flexibility index (Phi) is 8.81. The van der Waals surface area contributed by atoms with Gasteiger partial charge in [-0.05, 0) is 125 Å². The molecule has 2 aromatic heterocycles. The van der Waals surface area contributed by atoms with Crippen molar-refractivity contribution in [2.75, 3.05) is 19.7 Å². The Balaban J connectivity index is 1.29. The number of hydrogen-bond acceptors (Lipinski definition) is 8. The van der Waals surface area contributed by atoms with Gasteiger partial charge in [0.15, 0.2) is 18.1 Å². The monoisotopic (exact) mass is 727 g/mol. The van der Waals surface area contributed by atoms with Crippen molar-refractivity contribution in [3.8, 4) is 16.9 Å². The van der Waals surface area contributed by atoms with Gasteiger partial charge >= 0.3 is 6.18 Å². The molecular formula is C41H48F3N7O2. The average Bonchev–Trinajstić information content (AvgIpc) is 3.58. The lowest BCUT2D eigenvalue weighted by Gasteiger charge is -2.57. The predicted octanol–water partition coefficient (Wildman–Crippen LogP) is 7.76. The van der Waals surface area contributed by atoms with E-state index < -0.39 is 23.9 Å². The summed E-state index contributed by atoms with van der Waals surface area (Å²) in [5, 5.41) is 8.56. The van der Waals surface area contributed by atoms with Gasteiger partial charge in [-0.3, -0.25) is 9.89 Å². The zero-order chi connectivity index (χ0) is 37.3. The van der Waals surface area contributed by atoms with Gasteiger partial charge in [0, 0.05) is 28.3 Å². The molecule has 1 aliphatic heterocycles. The lowest BCUT2D eigenvalue weighted by Crippen LogP contribution is -2.64. The first-order valence-electron chi connectivity index (χ1n) is 18.9. The van der Waals surface area contributed by atoms with Crippen LogP contribution in [0.25, 0.3) is 39.0 Å². The highest BCUT2D eigenvalue weighted by Gasteiger charge is 2.58. The summed E-state index contributed by atoms with van der Waals surface area (Å²) in [5.74, 6) is 0.510. The van der Waals surface area contributed by atoms with Crippen LogP contribution in [0.4, 0.5) is 13.2 Å². The number of carbonyl (C=O) groups excluding carboxylic acids is 1. The van der Waals surface area contributed by atoms with Crippen LogP contribution in [0, 0.1) is 12.3 Å². The maximum absolute atomic E-state index is 14.1. The number of aryl methyl sites for hydroxylation is 1. The van der Waals surface area contributed by atoms with Crippen molar-refractivity contribution >= 4 is 33.7 Å². The molecule has 3 heterocycles. The molecule has 12 heteroatoms. The number of likely N-dealkylation sites (tertiary alicyclic amines) is 1. The fraction of sp³-hybridized carbons (Fsp3) is 0.512. The van der Waals surface area contributed by atoms with Crippen molar-refractivity contribution in [1.29, 1.82) is 0 Å². The van der Waals surface area contributed by atoms with Gasteiger partial charge in [-0.15, -0.1) is 0 Å². The molecule has 5 N–H and O–H groups in total. The van der Waals surface area contributed by atoms with Crippen LogP contribution in [-0.2, 0) is 10.3 Å². The van der Waals surface area contributed by atoms with Crippen LogP contribution in [0.2, 0.25) is 0 Å². The summed E-state index contributed by atoms with van der Waals surface area (Å²) in [6.07, 6.45) is 9.26. The topological polar surface area (TPSA) is 136 Å². The molecule has 53 heavy (non-hydrogen) atoms. The van der Waals surface area contributed by atoms with Crippen LogP contribution >= 0.6 is 0 Å². The van der Waals surface area contributed by atoms with E-state index in [2.05, 4.69) is 28.3 Å². The average molecular weight is 728 g/mol. The molecule has 9 nitrogen and oxygen atoms in total. The van der Waals surface area contributed by atoms with E-state index in [1.165, 1.54) is 25.3 Å². The number of hydrogen-bond donors (Lipinski definition) is 3. The molecule has 3 aliphatic carbocycles. The molecule has 4 aromatic rings. The summed E-state index contributed by atoms with van der Waals surface area (Å²) >= 11 is 0. The summed E-state index contributed by atoms with van der Waals surface area (Å²) < 4.78 is 48.1. The molecule has 2 aromatic carbocycles. The van der Waals surface area contributed by atoms with E-state index in [0.717, 1.165) is 55.2 Å². The standard InChI is InChI=1S/C41H48F3N7O2/c1-4-25-19-28-34(35(53-23-41(42,43)44)33(25)32-24(3)9-10-30-29(32)20-47-50-30)48-37(26-11-17-51(18-12-26)27-7-6-8-27)49-36(28)39(45)15-13-38(14-16-39)21-40(46,22-38)31(52)5-2/h4-5,9-10,19-20,26-27H,1-2,6-8,11-18,21-23,45-46H2,3H3,(H,47,50). The highest BCUT2D eigenvalue weighted by Crippen LogP contribution is 2.59. The molecule has 3 saturated carbocycles. The van der Waals surface area contributed by atoms with Crippen LogP contribution in [0.1, 0.15) is 99.2 Å². The molecule has 4 fully saturated rings. The van der Waals surface area contributed by atoms with Gasteiger partial charge in [0.05, 0.1) is 28.5 Å². The van der Waals surface area contributed by atoms with E-state index in [1.54, 1.807) is 12.3 Å². The highest BCUT2D eigenvalue weighted by atomic mass is 19.4. The second-order valence-electron chi connectivity index (χ2n) is 16.3. The summed E-state index contributed by atoms with van der Waals surface area (Å²) in [6.45, 7) is 10.0. The van der Waals surface area contributed by atoms with Crippen LogP contribution < -0.4 is 16.2 Å². The zero-order valence-electron chi connectivity index (χ0n) is 30.3. The fourth-order valence-corrected chi connectivity index (χ4v) is 9.76. The maximum atomic E-state index is 14.1. The molecule has 0 atom stereocenters. The number of nitrogens with one attached hydrogen (secondary N) is 1. The lowest BCUT2D eigenvalue weighted by atomic mass is 9.49. The fourth-order valence-electron chi connectivity index (χ4n) is 9.76. The third-order valence-electron chi connectivity index (χ3n) is 12.9. The Bertz CT molecular complexity index is 2100. The van der Waals surface area contributed by atoms with Crippen molar-refractivity contribution in [3.63, 3.8) is 0 Å². The summed E-state index contributed by atoms with van der Waals surface area (Å²) in [5.41, 5.74) is 16.3. The number of aromatic nitrogens is 4. The van der Waals surface area contributed by atoms with Crippen molar-refractivity contribution in [2.24, 2.45) is 16.9 Å². The number of nitrogens with zero attached hydrogens (tertiary/aromatic N) is 4. The normalized spacial score (nSPS) is 27.1. The molecule has 0 unspecified atom stereocenters. The Morgan fingerprint density at radius 2 is 1.75 bits per heavy atom. The second-order valence-corrected chi connectivity index (χ2v) is 16.3. The quantitative estimate of drug-likeness (QED) is 0.149. The number of halogens is 3. The van der Waals surface area contributed by atoms with Gasteiger partial charge in [-0.2, -0.15) is 18.3 Å². The number of H-pyrrole nitrogens is 1. The number of alkyl halides is 3. The summed E-state index contributed by atoms with van der Waals surface area (Å²) in [6, 6.07) is 6.37. The molecule has 0 radical (unpaired) electrons. The van der Waals surface area contributed by atoms with Crippen LogP contribution in [-0.4, -0.2) is 68.3 Å². The minimum atomic E-state index is -4.60. The van der Waals surface area contributed by atoms with E-state index in [4.69, 9.17) is 26.2 Å². The number of nitrogens with two attached hydrogens (primary N) is 2. The number of ketones is 1. The lowest BCUT2D eigenvalue weighted by molar-refractivity contribution is -0.153. The van der Waals surface area contributed by atoms with Crippen molar-refractivity contribution < 1.29 is 22.7 Å². The Labute approximate surface area is 307 Å². The van der Waals surface area contributed by atoms with Crippen molar-refractivity contribution in [2.45, 2.75) is 107 Å². The van der Waals surface area contributed by atoms with Gasteiger partial charge in [-0.25, -0.2) is 9.97 Å². The molecule has 280 valence electrons. The van der Waals surface area contributed by atoms with Gasteiger partial charge in [-0.1, -0.05) is 31.7 Å². The molecular weight excluding hydrogens is 679 g/mol. The third kappa shape index (κ3) is 6.26. The molecule has 8 rings (SSSR count). The van der Waals surface area contributed by atoms with Gasteiger partial charge in [0.2, 0.25) is 0 Å². The first-order chi connectivity index (χ1) is 25.3. The van der Waals surface area contributed by atoms with Crippen molar-refractivity contribution in [1.82, 2.24) is 25.1 Å². The van der Waals surface area contributed by atoms with Gasteiger partial charge < -0.3 is 21.1 Å². The van der Waals surface area contributed by atoms with E-state index in [1.807, 2.05) is 25.1 Å². The van der Waals surface area contributed by atoms with E-state index >= 15 is 0 Å². The number of ether oxygens (including phenoxy) is 1. The number of fused-ring (bicyclic) bond motifs is 2. The number of aromatic amines is 1. The van der Waals surface area contributed by atoms with Gasteiger partial charge in [0.25, 0.3) is 0 Å². The Hall–Kier alpha value is -4.13. The number of benzene rings is 2. The number of rotatable bonds is 9. The molecule has 4 aliphatic rings. The molecule has 0 bridgehead atoms. The van der Waals surface area contributed by atoms with Crippen LogP contribution in [0.3, 0.4) is 0 Å². The molecule has 0 amide bonds. The Morgan fingerprint density at radius 1 is 1.04 bits per heavy atom. The number of piperidine rings is 1. The SMILES string of the molecule is C=CC(=O)C1(N)CC2(CCC(N)(c3nc(C4CCN(C5CCC5)CC4)nc4c(OCC(F)(F)F)c(-c5c(C)ccc6[nH]ncc56)c(C=C)cc34)CC2)C1. The van der Waals surface area contributed by atoms with E-state index in [9.17, 15) is 18.0 Å². The second kappa shape index (κ2) is 13.0. The minimum Gasteiger partial charge on any atom is -0.481 e. The first kappa shape index (κ1) is 35.9. The summed E-state index contributed by atoms with van der Waals surface area (Å²) in [4.78, 5) is 25.5. The smallest absolute Gasteiger partial charge is 0.422 e. The third-order valence-corrected chi connectivity index (χ3v) is 12.9. The van der Waals surface area contributed by atoms with Crippen LogP contribution in [0.5, 0.6) is 5.75 Å². The predicted molar refractivity (Wildman–Crippen MR) is 200 cm³/mol.